The van der Waals surface area contributed by atoms with E-state index >= 15 is 0 Å². The van der Waals surface area contributed by atoms with Gasteiger partial charge >= 0.3 is 12.5 Å². The number of carbonyl (C=O) groups is 4. The van der Waals surface area contributed by atoms with Crippen molar-refractivity contribution in [2.45, 2.75) is 90.0 Å². The molecule has 342 valence electrons. The number of hydrogen-bond acceptors (Lipinski definition) is 11. The normalized spacial score (nSPS) is 21.5. The van der Waals surface area contributed by atoms with Crippen LogP contribution in [0.1, 0.15) is 87.2 Å². The second-order valence-corrected chi connectivity index (χ2v) is 17.1. The molecule has 4 atom stereocenters. The Morgan fingerprint density at radius 3 is 2.38 bits per heavy atom. The molecule has 20 heteroatoms. The van der Waals surface area contributed by atoms with Gasteiger partial charge in [0.25, 0.3) is 5.91 Å². The second-order valence-electron chi connectivity index (χ2n) is 16.7. The highest BCUT2D eigenvalue weighted by Crippen LogP contribution is 2.40. The molecule has 0 radical (unpaired) electrons. The van der Waals surface area contributed by atoms with Gasteiger partial charge in [-0.1, -0.05) is 44.5 Å². The van der Waals surface area contributed by atoms with Gasteiger partial charge in [0.15, 0.2) is 0 Å². The van der Waals surface area contributed by atoms with E-state index in [2.05, 4.69) is 41.0 Å². The van der Waals surface area contributed by atoms with Crippen molar-refractivity contribution in [3.05, 3.63) is 81.7 Å². The number of nitrogens with zero attached hydrogens (tertiary/aromatic N) is 3. The first-order valence-electron chi connectivity index (χ1n) is 20.8. The van der Waals surface area contributed by atoms with Gasteiger partial charge in [-0.3, -0.25) is 19.1 Å². The highest BCUT2D eigenvalue weighted by atomic mass is 35.5. The van der Waals surface area contributed by atoms with E-state index in [-0.39, 0.29) is 58.7 Å². The molecule has 4 amide bonds. The number of aromatic nitrogens is 3. The lowest BCUT2D eigenvalue weighted by Gasteiger charge is -2.34. The van der Waals surface area contributed by atoms with Crippen molar-refractivity contribution in [2.75, 3.05) is 52.4 Å². The van der Waals surface area contributed by atoms with Crippen LogP contribution in [0.2, 0.25) is 0 Å². The van der Waals surface area contributed by atoms with Crippen LogP contribution in [0.3, 0.4) is 0 Å². The SMILES string of the molecule is COC(=O)NC(C(=O)N1CC(OC)CC1c1ncc(C2=CC=C(C3=CC(Cl)=C(NC(=O)c4ccc(NCCNC(=O)C(C)(C)C)nc4)CC3OC(F)(F)F)CC2)[nH]1)C1CCOCC1. The molecule has 2 aromatic rings. The Kier molecular flexibility index (Phi) is 15.4. The van der Waals surface area contributed by atoms with E-state index in [1.54, 1.807) is 36.4 Å². The summed E-state index contributed by atoms with van der Waals surface area (Å²) in [5, 5.41) is 11.3. The third-order valence-corrected chi connectivity index (χ3v) is 11.7. The summed E-state index contributed by atoms with van der Waals surface area (Å²) < 4.78 is 62.0. The van der Waals surface area contributed by atoms with Crippen molar-refractivity contribution in [3.63, 3.8) is 0 Å². The van der Waals surface area contributed by atoms with E-state index < -0.39 is 42.0 Å². The average molecular weight is 903 g/mol. The number of hydrogen-bond donors (Lipinski definition) is 5. The summed E-state index contributed by atoms with van der Waals surface area (Å²) in [5.41, 5.74) is 2.01. The number of methoxy groups -OCH3 is 2. The Labute approximate surface area is 368 Å². The number of H-pyrrole nitrogens is 1. The quantitative estimate of drug-likeness (QED) is 0.139. The summed E-state index contributed by atoms with van der Waals surface area (Å²) in [6, 6.07) is 1.76. The Morgan fingerprint density at radius 2 is 1.75 bits per heavy atom. The summed E-state index contributed by atoms with van der Waals surface area (Å²) in [4.78, 5) is 65.7. The fourth-order valence-corrected chi connectivity index (χ4v) is 8.14. The molecule has 16 nitrogen and oxygen atoms in total. The van der Waals surface area contributed by atoms with E-state index in [1.165, 1.54) is 25.4 Å². The van der Waals surface area contributed by atoms with Gasteiger partial charge in [0.1, 0.15) is 17.7 Å². The van der Waals surface area contributed by atoms with E-state index in [0.29, 0.717) is 81.3 Å². The first kappa shape index (κ1) is 47.2. The molecule has 6 rings (SSSR count). The van der Waals surface area contributed by atoms with Crippen molar-refractivity contribution in [2.24, 2.45) is 11.3 Å². The lowest BCUT2D eigenvalue weighted by Crippen LogP contribution is -2.53. The van der Waals surface area contributed by atoms with Crippen LogP contribution in [0.15, 0.2) is 64.6 Å². The number of rotatable bonds is 14. The number of aromatic amines is 1. The Hall–Kier alpha value is -5.24. The Bertz CT molecular complexity index is 2130. The van der Waals surface area contributed by atoms with E-state index in [0.717, 1.165) is 5.57 Å². The third-order valence-electron chi connectivity index (χ3n) is 11.4. The third kappa shape index (κ3) is 12.3. The van der Waals surface area contributed by atoms with E-state index in [1.807, 2.05) is 20.8 Å². The number of nitrogens with one attached hydrogen (secondary N) is 5. The fraction of sp³-hybridized carbons (Fsp3) is 0.535. The molecule has 2 saturated heterocycles. The van der Waals surface area contributed by atoms with E-state index in [4.69, 9.17) is 25.8 Å². The number of carbonyl (C=O) groups excluding carboxylic acids is 4. The summed E-state index contributed by atoms with van der Waals surface area (Å²) >= 11 is 6.62. The molecule has 2 aromatic heterocycles. The van der Waals surface area contributed by atoms with Gasteiger partial charge < -0.3 is 45.4 Å². The maximum atomic E-state index is 14.2. The lowest BCUT2D eigenvalue weighted by molar-refractivity contribution is -0.337. The van der Waals surface area contributed by atoms with Crippen molar-refractivity contribution < 1.29 is 51.3 Å². The molecule has 0 bridgehead atoms. The monoisotopic (exact) mass is 902 g/mol. The first-order valence-corrected chi connectivity index (χ1v) is 21.2. The van der Waals surface area contributed by atoms with Crippen LogP contribution in [-0.2, 0) is 28.5 Å². The minimum absolute atomic E-state index is 0.0590. The number of allylic oxidation sites excluding steroid dienone is 5. The van der Waals surface area contributed by atoms with Crippen LogP contribution in [0, 0.1) is 11.3 Å². The van der Waals surface area contributed by atoms with Crippen molar-refractivity contribution >= 4 is 46.8 Å². The molecule has 0 spiro atoms. The van der Waals surface area contributed by atoms with Gasteiger partial charge in [-0.05, 0) is 66.5 Å². The zero-order chi connectivity index (χ0) is 45.5. The number of imidazole rings is 1. The maximum absolute atomic E-state index is 14.2. The number of alkyl carbamates (subject to hydrolysis) is 1. The van der Waals surface area contributed by atoms with E-state index in [9.17, 15) is 32.3 Å². The topological polar surface area (TPSA) is 198 Å². The first-order chi connectivity index (χ1) is 29.9. The summed E-state index contributed by atoms with van der Waals surface area (Å²) in [7, 11) is 2.82. The van der Waals surface area contributed by atoms with Gasteiger partial charge in [-0.25, -0.2) is 14.8 Å². The number of likely N-dealkylation sites (tertiary alicyclic amines) is 1. The number of anilines is 1. The molecule has 0 saturated carbocycles. The predicted molar refractivity (Wildman–Crippen MR) is 226 cm³/mol. The van der Waals surface area contributed by atoms with Crippen molar-refractivity contribution in [3.8, 4) is 0 Å². The minimum atomic E-state index is -4.98. The predicted octanol–water partition coefficient (Wildman–Crippen LogP) is 6.04. The number of ether oxygens (including phenoxy) is 4. The number of alkyl halides is 3. The number of halogens is 4. The average Bonchev–Trinajstić information content (AvgIpc) is 3.93. The largest absolute Gasteiger partial charge is 0.523 e. The molecule has 4 heterocycles. The molecule has 5 N–H and O–H groups in total. The minimum Gasteiger partial charge on any atom is -0.453 e. The maximum Gasteiger partial charge on any atom is 0.523 e. The number of pyridine rings is 1. The molecule has 2 fully saturated rings. The lowest BCUT2D eigenvalue weighted by atomic mass is 9.86. The Morgan fingerprint density at radius 1 is 1.02 bits per heavy atom. The van der Waals surface area contributed by atoms with Crippen LogP contribution in [0.5, 0.6) is 0 Å². The highest BCUT2D eigenvalue weighted by molar-refractivity contribution is 6.32. The molecular weight excluding hydrogens is 849 g/mol. The molecule has 4 unspecified atom stereocenters. The van der Waals surface area contributed by atoms with Crippen LogP contribution in [0.4, 0.5) is 23.8 Å². The van der Waals surface area contributed by atoms with Gasteiger partial charge in [0.05, 0.1) is 47.8 Å². The van der Waals surface area contributed by atoms with Gasteiger partial charge in [-0.2, -0.15) is 0 Å². The molecule has 63 heavy (non-hydrogen) atoms. The fourth-order valence-electron chi connectivity index (χ4n) is 7.90. The van der Waals surface area contributed by atoms with Crippen LogP contribution >= 0.6 is 11.6 Å². The molecule has 2 aliphatic heterocycles. The molecular formula is C43H54ClF3N8O8. The van der Waals surface area contributed by atoms with Gasteiger partial charge in [-0.15, -0.1) is 13.2 Å². The second kappa shape index (κ2) is 20.5. The zero-order valence-electron chi connectivity index (χ0n) is 35.8. The standard InChI is InChI=1S/C43H54ClF3N8O8/c1-42(2,3)40(58)49-15-14-48-35-11-10-27(21-50-35)38(56)53-31-20-34(63-43(45,46)47)29(19-30(31)44)24-6-8-25(9-7-24)32-22-51-37(52-32)33-18-28(60-4)23-55(33)39(57)36(54-41(59)61-5)26-12-16-62-17-13-26/h6,8,10-11,19,21-22,26,28,33-34,36H,7,9,12-18,20,23H2,1-5H3,(H,48,50)(H,49,58)(H,51,52)(H,53,56)(H,54,59). The van der Waals surface area contributed by atoms with Gasteiger partial charge in [0.2, 0.25) is 11.8 Å². The summed E-state index contributed by atoms with van der Waals surface area (Å²) in [6.07, 6.45) is 2.49. The number of amides is 4. The molecule has 2 aliphatic carbocycles. The smallest absolute Gasteiger partial charge is 0.453 e. The Balaban J connectivity index is 1.14. The molecule has 4 aliphatic rings. The van der Waals surface area contributed by atoms with Crippen LogP contribution in [0.25, 0.3) is 5.57 Å². The summed E-state index contributed by atoms with van der Waals surface area (Å²) in [6.45, 7) is 7.43. The van der Waals surface area contributed by atoms with Crippen LogP contribution < -0.4 is 21.3 Å². The molecule has 0 aromatic carbocycles. The van der Waals surface area contributed by atoms with Crippen molar-refractivity contribution in [1.29, 1.82) is 0 Å². The summed E-state index contributed by atoms with van der Waals surface area (Å²) in [5.74, 6) is -0.153. The van der Waals surface area contributed by atoms with Crippen molar-refractivity contribution in [1.82, 2.24) is 35.8 Å². The zero-order valence-corrected chi connectivity index (χ0v) is 36.6. The van der Waals surface area contributed by atoms with Gasteiger partial charge in [0, 0.05) is 70.1 Å². The highest BCUT2D eigenvalue weighted by Gasteiger charge is 2.44. The van der Waals surface area contributed by atoms with Crippen LogP contribution in [-0.4, -0.2) is 115 Å².